The van der Waals surface area contributed by atoms with E-state index in [9.17, 15) is 13.2 Å². The van der Waals surface area contributed by atoms with Crippen LogP contribution in [0.2, 0.25) is 0 Å². The van der Waals surface area contributed by atoms with Crippen LogP contribution in [-0.4, -0.2) is 18.5 Å². The Labute approximate surface area is 65.9 Å². The molecule has 0 saturated carbocycles. The maximum atomic E-state index is 10.7. The van der Waals surface area contributed by atoms with Crippen LogP contribution in [-0.2, 0) is 10.1 Å². The second kappa shape index (κ2) is 4.18. The zero-order chi connectivity index (χ0) is 7.00. The van der Waals surface area contributed by atoms with Crippen LogP contribution in [0.3, 0.4) is 0 Å². The zero-order valence-electron chi connectivity index (χ0n) is 4.68. The topological polar surface area (TPSA) is 54.4 Å². The summed E-state index contributed by atoms with van der Waals surface area (Å²) >= 11 is 0. The van der Waals surface area contributed by atoms with Crippen LogP contribution in [0.4, 0.5) is 13.2 Å². The smallest absolute Gasteiger partial charge is 1.00 e. The van der Waals surface area contributed by atoms with Gasteiger partial charge in [0.05, 0.1) is 0 Å². The van der Waals surface area contributed by atoms with Gasteiger partial charge in [-0.1, -0.05) is 0 Å². The van der Waals surface area contributed by atoms with E-state index in [1.807, 2.05) is 0 Å². The Bertz CT molecular complexity index is 169. The molecule has 0 aromatic rings. The van der Waals surface area contributed by atoms with E-state index >= 15 is 0 Å². The molecule has 0 spiro atoms. The van der Waals surface area contributed by atoms with Crippen molar-refractivity contribution < 1.29 is 49.7 Å². The van der Waals surface area contributed by atoms with Crippen molar-refractivity contribution >= 4 is 10.1 Å². The number of halogens is 4. The molecule has 0 radical (unpaired) electrons. The first-order valence-corrected chi connectivity index (χ1v) is 2.73. The van der Waals surface area contributed by atoms with Gasteiger partial charge in [0.1, 0.15) is 0 Å². The molecule has 0 aliphatic heterocycles. The van der Waals surface area contributed by atoms with E-state index < -0.39 is 15.6 Å². The molecule has 0 aliphatic carbocycles. The number of alkyl halides is 3. The van der Waals surface area contributed by atoms with Crippen LogP contribution < -0.4 is 23.6 Å². The first kappa shape index (κ1) is 16.7. The quantitative estimate of drug-likeness (QED) is 0.173. The molecule has 0 heterocycles. The Hall–Kier alpha value is 0.227. The molecule has 0 rings (SSSR count). The standard InChI is InChI=1S/CHF3O3S.FH.Li/c2-1(3,4)8(5,6)7;;/h(H,5,6,7);1H;/q;;+1/p-1. The predicted octanol–water partition coefficient (Wildman–Crippen LogP) is -5.60. The van der Waals surface area contributed by atoms with E-state index in [0.717, 1.165) is 0 Å². The molecule has 58 valence electrons. The molecular formula is CHF4LiO3S. The first-order valence-electron chi connectivity index (χ1n) is 1.29. The molecule has 9 heteroatoms. The Kier molecular flexibility index (Phi) is 6.96. The summed E-state index contributed by atoms with van der Waals surface area (Å²) in [6.45, 7) is 0. The third-order valence-corrected chi connectivity index (χ3v) is 0.877. The van der Waals surface area contributed by atoms with E-state index in [1.54, 1.807) is 0 Å². The SMILES string of the molecule is O=S(=O)(O)C(F)(F)F.[F-].[Li+]. The summed E-state index contributed by atoms with van der Waals surface area (Å²) in [7, 11) is -5.84. The van der Waals surface area contributed by atoms with Crippen LogP contribution in [0, 0.1) is 0 Å². The molecule has 0 bridgehead atoms. The third-order valence-electron chi connectivity index (χ3n) is 0.292. The molecule has 0 aromatic carbocycles. The summed E-state index contributed by atoms with van der Waals surface area (Å²) in [4.78, 5) is 0. The summed E-state index contributed by atoms with van der Waals surface area (Å²) in [5, 5.41) is 0. The van der Waals surface area contributed by atoms with E-state index in [1.165, 1.54) is 0 Å². The van der Waals surface area contributed by atoms with Crippen molar-refractivity contribution in [3.63, 3.8) is 0 Å². The summed E-state index contributed by atoms with van der Waals surface area (Å²) in [5.74, 6) is 0. The molecule has 0 unspecified atom stereocenters. The van der Waals surface area contributed by atoms with E-state index in [2.05, 4.69) is 0 Å². The van der Waals surface area contributed by atoms with Crippen LogP contribution >= 0.6 is 0 Å². The second-order valence-corrected chi connectivity index (χ2v) is 2.33. The zero-order valence-corrected chi connectivity index (χ0v) is 5.50. The van der Waals surface area contributed by atoms with Gasteiger partial charge in [-0.3, -0.25) is 4.55 Å². The number of hydrogen-bond acceptors (Lipinski definition) is 2. The Morgan fingerprint density at radius 3 is 1.30 bits per heavy atom. The maximum Gasteiger partial charge on any atom is 1.00 e. The van der Waals surface area contributed by atoms with Gasteiger partial charge in [-0.25, -0.2) is 0 Å². The van der Waals surface area contributed by atoms with Crippen molar-refractivity contribution in [2.75, 3.05) is 0 Å². The van der Waals surface area contributed by atoms with Gasteiger partial charge in [0, 0.05) is 0 Å². The van der Waals surface area contributed by atoms with Crippen LogP contribution in [0.1, 0.15) is 0 Å². The van der Waals surface area contributed by atoms with E-state index in [4.69, 9.17) is 13.0 Å². The fraction of sp³-hybridized carbons (Fsp3) is 1.00. The Balaban J connectivity index is -0.000000245. The molecule has 0 amide bonds. The van der Waals surface area contributed by atoms with Crippen molar-refractivity contribution in [1.29, 1.82) is 0 Å². The van der Waals surface area contributed by atoms with Crippen molar-refractivity contribution in [2.24, 2.45) is 0 Å². The summed E-state index contributed by atoms with van der Waals surface area (Å²) in [5.41, 5.74) is -5.53. The van der Waals surface area contributed by atoms with Gasteiger partial charge in [0.2, 0.25) is 0 Å². The maximum absolute atomic E-state index is 10.7. The van der Waals surface area contributed by atoms with Gasteiger partial charge in [0.25, 0.3) is 0 Å². The molecule has 0 aromatic heterocycles. The van der Waals surface area contributed by atoms with Crippen molar-refractivity contribution in [3.05, 3.63) is 0 Å². The molecule has 3 nitrogen and oxygen atoms in total. The van der Waals surface area contributed by atoms with Gasteiger partial charge in [-0.2, -0.15) is 21.6 Å². The molecule has 0 aliphatic rings. The van der Waals surface area contributed by atoms with Crippen LogP contribution in [0.15, 0.2) is 0 Å². The largest absolute Gasteiger partial charge is 1.00 e. The average molecular weight is 176 g/mol. The Morgan fingerprint density at radius 2 is 1.30 bits per heavy atom. The van der Waals surface area contributed by atoms with Crippen LogP contribution in [0.25, 0.3) is 0 Å². The summed E-state index contributed by atoms with van der Waals surface area (Å²) in [6.07, 6.45) is 0. The van der Waals surface area contributed by atoms with Gasteiger partial charge >= 0.3 is 34.5 Å². The minimum Gasteiger partial charge on any atom is -1.00 e. The van der Waals surface area contributed by atoms with E-state index in [-0.39, 0.29) is 23.6 Å². The van der Waals surface area contributed by atoms with Gasteiger partial charge in [-0.05, 0) is 0 Å². The van der Waals surface area contributed by atoms with Crippen molar-refractivity contribution in [2.45, 2.75) is 5.51 Å². The summed E-state index contributed by atoms with van der Waals surface area (Å²) < 4.78 is 57.5. The molecule has 10 heavy (non-hydrogen) atoms. The fourth-order valence-electron chi connectivity index (χ4n) is 0. The average Bonchev–Trinajstić information content (AvgIpc) is 1.25. The van der Waals surface area contributed by atoms with Crippen LogP contribution in [0.5, 0.6) is 0 Å². The van der Waals surface area contributed by atoms with Gasteiger partial charge < -0.3 is 4.70 Å². The Morgan fingerprint density at radius 1 is 1.20 bits per heavy atom. The van der Waals surface area contributed by atoms with E-state index in [0.29, 0.717) is 0 Å². The third kappa shape index (κ3) is 5.05. The fourth-order valence-corrected chi connectivity index (χ4v) is 0. The van der Waals surface area contributed by atoms with Gasteiger partial charge in [-0.15, -0.1) is 0 Å². The normalized spacial score (nSPS) is 11.2. The molecule has 0 fully saturated rings. The first-order chi connectivity index (χ1) is 3.25. The molecule has 0 saturated heterocycles. The minimum absolute atomic E-state index is 0. The van der Waals surface area contributed by atoms with Gasteiger partial charge in [0.15, 0.2) is 0 Å². The number of hydrogen-bond donors (Lipinski definition) is 1. The second-order valence-electron chi connectivity index (χ2n) is 0.921. The van der Waals surface area contributed by atoms with Crippen molar-refractivity contribution in [1.82, 2.24) is 0 Å². The predicted molar refractivity (Wildman–Crippen MR) is 17.6 cm³/mol. The minimum atomic E-state index is -5.84. The molecule has 1 N–H and O–H groups in total. The molecular weight excluding hydrogens is 175 g/mol. The summed E-state index contributed by atoms with van der Waals surface area (Å²) in [6, 6.07) is 0. The molecule has 0 atom stereocenters. The number of rotatable bonds is 0. The van der Waals surface area contributed by atoms with Crippen molar-refractivity contribution in [3.8, 4) is 0 Å². The monoisotopic (exact) mass is 176 g/mol.